The second-order valence-corrected chi connectivity index (χ2v) is 7.59. The Morgan fingerprint density at radius 3 is 2.69 bits per heavy atom. The molecule has 0 amide bonds. The van der Waals surface area contributed by atoms with Gasteiger partial charge in [-0.3, -0.25) is 4.99 Å². The van der Waals surface area contributed by atoms with E-state index in [9.17, 15) is 0 Å². The summed E-state index contributed by atoms with van der Waals surface area (Å²) in [6.45, 7) is 8.60. The molecule has 1 aromatic carbocycles. The van der Waals surface area contributed by atoms with Crippen LogP contribution < -0.4 is 5.32 Å². The molecule has 1 unspecified atom stereocenters. The van der Waals surface area contributed by atoms with Gasteiger partial charge in [-0.05, 0) is 50.6 Å². The number of nitrogens with zero attached hydrogens (tertiary/aromatic N) is 2. The van der Waals surface area contributed by atoms with E-state index in [0.29, 0.717) is 11.4 Å². The van der Waals surface area contributed by atoms with E-state index in [1.54, 1.807) is 0 Å². The number of thioether (sulfide) groups is 1. The van der Waals surface area contributed by atoms with Gasteiger partial charge in [0.05, 0.1) is 12.6 Å². The maximum Gasteiger partial charge on any atom is 0.193 e. The van der Waals surface area contributed by atoms with Crippen molar-refractivity contribution in [1.82, 2.24) is 10.2 Å². The minimum atomic E-state index is 0. The van der Waals surface area contributed by atoms with Crippen LogP contribution >= 0.6 is 47.3 Å². The highest BCUT2D eigenvalue weighted by atomic mass is 127. The van der Waals surface area contributed by atoms with E-state index in [0.717, 1.165) is 56.6 Å². The van der Waals surface area contributed by atoms with Crippen LogP contribution in [0.4, 0.5) is 0 Å². The lowest BCUT2D eigenvalue weighted by Crippen LogP contribution is -2.47. The molecule has 0 aliphatic carbocycles. The minimum Gasteiger partial charge on any atom is -0.378 e. The Morgan fingerprint density at radius 1 is 1.38 bits per heavy atom. The normalized spacial score (nSPS) is 16.9. The molecule has 1 aliphatic heterocycles. The average molecular weight is 512 g/mol. The van der Waals surface area contributed by atoms with Gasteiger partial charge in [0.15, 0.2) is 5.96 Å². The largest absolute Gasteiger partial charge is 0.378 e. The van der Waals surface area contributed by atoms with Crippen molar-refractivity contribution in [3.8, 4) is 0 Å². The van der Waals surface area contributed by atoms with Gasteiger partial charge in [0.2, 0.25) is 0 Å². The van der Waals surface area contributed by atoms with Gasteiger partial charge in [-0.1, -0.05) is 23.7 Å². The molecule has 7 heteroatoms. The van der Waals surface area contributed by atoms with Gasteiger partial charge in [-0.2, -0.15) is 11.8 Å². The van der Waals surface area contributed by atoms with Crippen LogP contribution in [-0.2, 0) is 4.74 Å². The third-order valence-corrected chi connectivity index (χ3v) is 5.62. The van der Waals surface area contributed by atoms with E-state index in [-0.39, 0.29) is 24.0 Å². The highest BCUT2D eigenvalue weighted by molar-refractivity contribution is 14.0. The molecule has 1 heterocycles. The zero-order valence-electron chi connectivity index (χ0n) is 15.9. The fraction of sp³-hybridized carbons (Fsp3) is 0.632. The maximum atomic E-state index is 6.14. The molecule has 2 rings (SSSR count). The van der Waals surface area contributed by atoms with Gasteiger partial charge >= 0.3 is 0 Å². The molecule has 0 aromatic heterocycles. The fourth-order valence-electron chi connectivity index (χ4n) is 3.09. The number of hydrogen-bond acceptors (Lipinski definition) is 3. The number of piperidine rings is 1. The monoisotopic (exact) mass is 511 g/mol. The first-order chi connectivity index (χ1) is 12.2. The van der Waals surface area contributed by atoms with Crippen LogP contribution in [0, 0.1) is 0 Å². The Kier molecular flexibility index (Phi) is 12.0. The second-order valence-electron chi connectivity index (χ2n) is 6.12. The Balaban J connectivity index is 0.00000338. The molecule has 0 radical (unpaired) electrons. The predicted molar refractivity (Wildman–Crippen MR) is 125 cm³/mol. The molecule has 4 nitrogen and oxygen atoms in total. The van der Waals surface area contributed by atoms with Crippen LogP contribution in [0.1, 0.15) is 37.5 Å². The van der Waals surface area contributed by atoms with Gasteiger partial charge in [0.1, 0.15) is 0 Å². The lowest BCUT2D eigenvalue weighted by Gasteiger charge is -2.34. The van der Waals surface area contributed by atoms with E-state index >= 15 is 0 Å². The number of guanidine groups is 1. The standard InChI is InChI=1S/C19H30ClN3OS.HI/c1-4-21-19(23-11-9-17(10-12-23)24-5-2)22-14-18(25-3)15-7-6-8-16(20)13-15;/h6-8,13,17-18H,4-5,9-12,14H2,1-3H3,(H,21,22);1H. The summed E-state index contributed by atoms with van der Waals surface area (Å²) in [5, 5.41) is 4.54. The number of benzene rings is 1. The van der Waals surface area contributed by atoms with Crippen molar-refractivity contribution in [3.05, 3.63) is 34.9 Å². The summed E-state index contributed by atoms with van der Waals surface area (Å²) in [6.07, 6.45) is 4.66. The number of likely N-dealkylation sites (tertiary alicyclic amines) is 1. The summed E-state index contributed by atoms with van der Waals surface area (Å²) in [5.74, 6) is 1.01. The van der Waals surface area contributed by atoms with E-state index in [2.05, 4.69) is 36.4 Å². The Bertz CT molecular complexity index is 553. The fourth-order valence-corrected chi connectivity index (χ4v) is 3.93. The van der Waals surface area contributed by atoms with Gasteiger partial charge in [0, 0.05) is 36.5 Å². The first-order valence-electron chi connectivity index (χ1n) is 9.11. The van der Waals surface area contributed by atoms with Gasteiger partial charge in [0.25, 0.3) is 0 Å². The summed E-state index contributed by atoms with van der Waals surface area (Å²) in [4.78, 5) is 7.27. The van der Waals surface area contributed by atoms with Crippen LogP contribution in [0.3, 0.4) is 0 Å². The smallest absolute Gasteiger partial charge is 0.193 e. The molecule has 1 saturated heterocycles. The van der Waals surface area contributed by atoms with Gasteiger partial charge in [-0.25, -0.2) is 0 Å². The van der Waals surface area contributed by atoms with Crippen molar-refractivity contribution in [2.24, 2.45) is 4.99 Å². The third kappa shape index (κ3) is 7.44. The van der Waals surface area contributed by atoms with Crippen LogP contribution in [0.25, 0.3) is 0 Å². The van der Waals surface area contributed by atoms with Crippen molar-refractivity contribution in [1.29, 1.82) is 0 Å². The van der Waals surface area contributed by atoms with E-state index < -0.39 is 0 Å². The third-order valence-electron chi connectivity index (χ3n) is 4.39. The number of ether oxygens (including phenoxy) is 1. The number of rotatable bonds is 7. The van der Waals surface area contributed by atoms with E-state index in [1.807, 2.05) is 30.0 Å². The molecule has 1 aliphatic rings. The van der Waals surface area contributed by atoms with Crippen LogP contribution in [-0.4, -0.2) is 56.0 Å². The Hall–Kier alpha value is -0.180. The molecule has 1 aromatic rings. The van der Waals surface area contributed by atoms with Crippen LogP contribution in [0.2, 0.25) is 5.02 Å². The van der Waals surface area contributed by atoms with Crippen molar-refractivity contribution in [2.45, 2.75) is 38.0 Å². The quantitative estimate of drug-likeness (QED) is 0.323. The highest BCUT2D eigenvalue weighted by Gasteiger charge is 2.22. The molecule has 1 fully saturated rings. The minimum absolute atomic E-state index is 0. The first kappa shape index (κ1) is 23.9. The van der Waals surface area contributed by atoms with Crippen molar-refractivity contribution < 1.29 is 4.74 Å². The summed E-state index contributed by atoms with van der Waals surface area (Å²) in [6, 6.07) is 8.09. The zero-order valence-corrected chi connectivity index (χ0v) is 19.8. The Morgan fingerprint density at radius 2 is 2.12 bits per heavy atom. The summed E-state index contributed by atoms with van der Waals surface area (Å²) in [7, 11) is 0. The summed E-state index contributed by atoms with van der Waals surface area (Å²) in [5.41, 5.74) is 1.23. The summed E-state index contributed by atoms with van der Waals surface area (Å²) >= 11 is 7.96. The van der Waals surface area contributed by atoms with Crippen LogP contribution in [0.15, 0.2) is 29.3 Å². The molecule has 1 N–H and O–H groups in total. The number of aliphatic imine (C=N–C) groups is 1. The Labute approximate surface area is 184 Å². The van der Waals surface area contributed by atoms with Crippen LogP contribution in [0.5, 0.6) is 0 Å². The molecule has 0 spiro atoms. The number of nitrogens with one attached hydrogen (secondary N) is 1. The average Bonchev–Trinajstić information content (AvgIpc) is 2.62. The topological polar surface area (TPSA) is 36.9 Å². The zero-order chi connectivity index (χ0) is 18.1. The number of hydrogen-bond donors (Lipinski definition) is 1. The lowest BCUT2D eigenvalue weighted by molar-refractivity contribution is 0.0264. The van der Waals surface area contributed by atoms with Crippen molar-refractivity contribution in [3.63, 3.8) is 0 Å². The SMILES string of the molecule is CCNC(=NCC(SC)c1cccc(Cl)c1)N1CCC(OCC)CC1.I. The van der Waals surface area contributed by atoms with Crippen molar-refractivity contribution >= 4 is 53.3 Å². The van der Waals surface area contributed by atoms with Gasteiger partial charge in [-0.15, -0.1) is 24.0 Å². The highest BCUT2D eigenvalue weighted by Crippen LogP contribution is 2.28. The van der Waals surface area contributed by atoms with Crippen molar-refractivity contribution in [2.75, 3.05) is 39.0 Å². The molecule has 0 bridgehead atoms. The second kappa shape index (κ2) is 13.1. The molecular weight excluding hydrogens is 481 g/mol. The molecular formula is C19H31ClIN3OS. The van der Waals surface area contributed by atoms with Gasteiger partial charge < -0.3 is 15.0 Å². The first-order valence-corrected chi connectivity index (χ1v) is 10.8. The van der Waals surface area contributed by atoms with E-state index in [4.69, 9.17) is 21.3 Å². The molecule has 1 atom stereocenters. The molecule has 26 heavy (non-hydrogen) atoms. The summed E-state index contributed by atoms with van der Waals surface area (Å²) < 4.78 is 5.75. The van der Waals surface area contributed by atoms with E-state index in [1.165, 1.54) is 5.56 Å². The number of halogens is 2. The molecule has 148 valence electrons. The maximum absolute atomic E-state index is 6.14. The molecule has 0 saturated carbocycles. The predicted octanol–water partition coefficient (Wildman–Crippen LogP) is 4.83. The lowest BCUT2D eigenvalue weighted by atomic mass is 10.1.